The highest BCUT2D eigenvalue weighted by molar-refractivity contribution is 5.91. The molecule has 1 saturated heterocycles. The Morgan fingerprint density at radius 3 is 2.44 bits per heavy atom. The Labute approximate surface area is 148 Å². The molecule has 1 aromatic heterocycles. The van der Waals surface area contributed by atoms with Crippen LogP contribution in [0, 0.1) is 0 Å². The van der Waals surface area contributed by atoms with E-state index < -0.39 is 0 Å². The highest BCUT2D eigenvalue weighted by Gasteiger charge is 2.22. The number of carbonyl (C=O) groups excluding carboxylic acids is 1. The summed E-state index contributed by atoms with van der Waals surface area (Å²) >= 11 is 0. The van der Waals surface area contributed by atoms with Gasteiger partial charge in [-0.1, -0.05) is 24.3 Å². The fourth-order valence-corrected chi connectivity index (χ4v) is 3.28. The predicted octanol–water partition coefficient (Wildman–Crippen LogP) is 2.56. The Balaban J connectivity index is 1.56. The van der Waals surface area contributed by atoms with Gasteiger partial charge < -0.3 is 14.1 Å². The maximum Gasteiger partial charge on any atom is 0.275 e. The number of ether oxygens (including phenoxy) is 1. The number of rotatable bonds is 5. The molecule has 0 unspecified atom stereocenters. The van der Waals surface area contributed by atoms with Crippen LogP contribution in [0.1, 0.15) is 35.5 Å². The second-order valence-electron chi connectivity index (χ2n) is 6.80. The highest BCUT2D eigenvalue weighted by Crippen LogP contribution is 2.15. The van der Waals surface area contributed by atoms with E-state index in [1.165, 1.54) is 18.2 Å². The van der Waals surface area contributed by atoms with Crippen LogP contribution in [0.2, 0.25) is 0 Å². The van der Waals surface area contributed by atoms with Crippen LogP contribution < -0.4 is 0 Å². The fraction of sp³-hybridized carbons (Fsp3) is 0.474. The first-order chi connectivity index (χ1) is 12.0. The number of aromatic nitrogens is 1. The zero-order chi connectivity index (χ0) is 17.8. The molecule has 2 heterocycles. The Bertz CT molecular complexity index is 674. The molecule has 6 heteroatoms. The molecule has 0 aliphatic carbocycles. The zero-order valence-corrected chi connectivity index (χ0v) is 15.0. The lowest BCUT2D eigenvalue weighted by Crippen LogP contribution is -2.44. The van der Waals surface area contributed by atoms with Crippen molar-refractivity contribution in [1.29, 1.82) is 0 Å². The first-order valence-electron chi connectivity index (χ1n) is 8.60. The smallest absolute Gasteiger partial charge is 0.275 e. The molecular formula is C19H25N3O3. The minimum absolute atomic E-state index is 0.144. The number of nitrogens with zero attached hydrogens (tertiary/aromatic N) is 3. The summed E-state index contributed by atoms with van der Waals surface area (Å²) in [4.78, 5) is 20.1. The quantitative estimate of drug-likeness (QED) is 0.835. The summed E-state index contributed by atoms with van der Waals surface area (Å²) in [5.41, 5.74) is 2.69. The molecule has 134 valence electrons. The summed E-state index contributed by atoms with van der Waals surface area (Å²) in [6.45, 7) is 7.62. The zero-order valence-electron chi connectivity index (χ0n) is 15.0. The molecule has 0 radical (unpaired) electrons. The molecule has 1 amide bonds. The van der Waals surface area contributed by atoms with Crippen LogP contribution in [0.3, 0.4) is 0 Å². The molecule has 1 aliphatic heterocycles. The van der Waals surface area contributed by atoms with Crippen molar-refractivity contribution in [3.05, 3.63) is 53.7 Å². The first kappa shape index (κ1) is 17.6. The molecule has 0 bridgehead atoms. The number of carbonyl (C=O) groups is 1. The average molecular weight is 343 g/mol. The molecule has 0 saturated carbocycles. The van der Waals surface area contributed by atoms with Crippen molar-refractivity contribution in [2.75, 3.05) is 20.1 Å². The van der Waals surface area contributed by atoms with Crippen molar-refractivity contribution < 1.29 is 13.9 Å². The molecule has 1 aliphatic rings. The van der Waals surface area contributed by atoms with E-state index in [1.54, 1.807) is 11.9 Å². The molecule has 0 spiro atoms. The number of hydrogen-bond acceptors (Lipinski definition) is 5. The van der Waals surface area contributed by atoms with Crippen molar-refractivity contribution in [1.82, 2.24) is 14.8 Å². The Morgan fingerprint density at radius 2 is 1.84 bits per heavy atom. The van der Waals surface area contributed by atoms with Gasteiger partial charge in [0.05, 0.1) is 12.2 Å². The SMILES string of the molecule is C[C@@H]1CN(Cc2ccc(CN(C)C(=O)c3cocn3)cc2)C[C@H](C)O1. The van der Waals surface area contributed by atoms with Crippen LogP contribution in [0.25, 0.3) is 0 Å². The van der Waals surface area contributed by atoms with Crippen molar-refractivity contribution >= 4 is 5.91 Å². The molecule has 3 rings (SSSR count). The van der Waals surface area contributed by atoms with Gasteiger partial charge in [0.1, 0.15) is 6.26 Å². The van der Waals surface area contributed by atoms with Gasteiger partial charge in [-0.25, -0.2) is 4.98 Å². The van der Waals surface area contributed by atoms with Crippen molar-refractivity contribution in [2.24, 2.45) is 0 Å². The van der Waals surface area contributed by atoms with Crippen molar-refractivity contribution in [3.63, 3.8) is 0 Å². The number of benzene rings is 1. The minimum Gasteiger partial charge on any atom is -0.451 e. The molecule has 6 nitrogen and oxygen atoms in total. The molecule has 1 fully saturated rings. The summed E-state index contributed by atoms with van der Waals surface area (Å²) in [5.74, 6) is -0.144. The fourth-order valence-electron chi connectivity index (χ4n) is 3.28. The van der Waals surface area contributed by atoms with Gasteiger partial charge in [0, 0.05) is 33.2 Å². The Kier molecular flexibility index (Phi) is 5.50. The third-order valence-corrected chi connectivity index (χ3v) is 4.34. The van der Waals surface area contributed by atoms with Crippen LogP contribution in [0.15, 0.2) is 41.3 Å². The molecule has 0 N–H and O–H groups in total. The summed E-state index contributed by atoms with van der Waals surface area (Å²) in [7, 11) is 1.77. The molecule has 2 aromatic rings. The van der Waals surface area contributed by atoms with Gasteiger partial charge in [0.2, 0.25) is 0 Å². The third kappa shape index (κ3) is 4.67. The summed E-state index contributed by atoms with van der Waals surface area (Å²) < 4.78 is 10.6. The Hall–Kier alpha value is -2.18. The lowest BCUT2D eigenvalue weighted by molar-refractivity contribution is -0.0704. The molecule has 25 heavy (non-hydrogen) atoms. The third-order valence-electron chi connectivity index (χ3n) is 4.34. The van der Waals surface area contributed by atoms with E-state index in [1.807, 2.05) is 0 Å². The number of morpholine rings is 1. The van der Waals surface area contributed by atoms with E-state index in [0.29, 0.717) is 12.2 Å². The normalized spacial score (nSPS) is 21.2. The summed E-state index contributed by atoms with van der Waals surface area (Å²) in [6.07, 6.45) is 3.19. The van der Waals surface area contributed by atoms with E-state index in [-0.39, 0.29) is 18.1 Å². The average Bonchev–Trinajstić information content (AvgIpc) is 3.09. The standard InChI is InChI=1S/C19H25N3O3/c1-14-8-22(9-15(2)25-14)11-17-6-4-16(5-7-17)10-21(3)19(23)18-12-24-13-20-18/h4-7,12-15H,8-11H2,1-3H3/t14-,15+. The van der Waals surface area contributed by atoms with Gasteiger partial charge in [-0.2, -0.15) is 0 Å². The predicted molar refractivity (Wildman–Crippen MR) is 94.0 cm³/mol. The molecule has 2 atom stereocenters. The van der Waals surface area contributed by atoms with Crippen LogP contribution in [-0.2, 0) is 17.8 Å². The van der Waals surface area contributed by atoms with Crippen LogP contribution in [-0.4, -0.2) is 53.0 Å². The van der Waals surface area contributed by atoms with E-state index in [9.17, 15) is 4.79 Å². The number of oxazole rings is 1. The lowest BCUT2D eigenvalue weighted by atomic mass is 10.1. The van der Waals surface area contributed by atoms with Crippen LogP contribution in [0.4, 0.5) is 0 Å². The highest BCUT2D eigenvalue weighted by atomic mass is 16.5. The van der Waals surface area contributed by atoms with Gasteiger partial charge in [-0.05, 0) is 25.0 Å². The number of hydrogen-bond donors (Lipinski definition) is 0. The first-order valence-corrected chi connectivity index (χ1v) is 8.60. The van der Waals surface area contributed by atoms with Crippen LogP contribution >= 0.6 is 0 Å². The second kappa shape index (κ2) is 7.80. The van der Waals surface area contributed by atoms with Crippen LogP contribution in [0.5, 0.6) is 0 Å². The van der Waals surface area contributed by atoms with Gasteiger partial charge in [0.15, 0.2) is 12.1 Å². The van der Waals surface area contributed by atoms with Gasteiger partial charge >= 0.3 is 0 Å². The number of amides is 1. The second-order valence-corrected chi connectivity index (χ2v) is 6.80. The van der Waals surface area contributed by atoms with E-state index >= 15 is 0 Å². The van der Waals surface area contributed by atoms with Gasteiger partial charge in [0.25, 0.3) is 5.91 Å². The topological polar surface area (TPSA) is 58.8 Å². The maximum absolute atomic E-state index is 12.2. The van der Waals surface area contributed by atoms with E-state index in [0.717, 1.165) is 25.2 Å². The molecular weight excluding hydrogens is 318 g/mol. The van der Waals surface area contributed by atoms with E-state index in [2.05, 4.69) is 48.0 Å². The monoisotopic (exact) mass is 343 g/mol. The van der Waals surface area contributed by atoms with Gasteiger partial charge in [-0.3, -0.25) is 9.69 Å². The van der Waals surface area contributed by atoms with Crippen molar-refractivity contribution in [3.8, 4) is 0 Å². The van der Waals surface area contributed by atoms with E-state index in [4.69, 9.17) is 9.15 Å². The van der Waals surface area contributed by atoms with Crippen molar-refractivity contribution in [2.45, 2.75) is 39.1 Å². The molecule has 1 aromatic carbocycles. The summed E-state index contributed by atoms with van der Waals surface area (Å²) in [6, 6.07) is 8.42. The Morgan fingerprint density at radius 1 is 1.20 bits per heavy atom. The summed E-state index contributed by atoms with van der Waals surface area (Å²) in [5, 5.41) is 0. The van der Waals surface area contributed by atoms with Gasteiger partial charge in [-0.15, -0.1) is 0 Å². The minimum atomic E-state index is -0.144. The largest absolute Gasteiger partial charge is 0.451 e. The maximum atomic E-state index is 12.2. The lowest BCUT2D eigenvalue weighted by Gasteiger charge is -2.35.